The van der Waals surface area contributed by atoms with Gasteiger partial charge in [0.2, 0.25) is 11.8 Å². The van der Waals surface area contributed by atoms with E-state index in [0.29, 0.717) is 29.6 Å². The molecule has 0 heterocycles. The van der Waals surface area contributed by atoms with E-state index in [1.807, 2.05) is 30.3 Å². The van der Waals surface area contributed by atoms with Gasteiger partial charge in [0, 0.05) is 29.6 Å². The molecule has 0 aromatic heterocycles. The van der Waals surface area contributed by atoms with Gasteiger partial charge >= 0.3 is 0 Å². The summed E-state index contributed by atoms with van der Waals surface area (Å²) in [6, 6.07) is 14.0. The second-order valence-electron chi connectivity index (χ2n) is 5.99. The monoisotopic (exact) mass is 392 g/mol. The van der Waals surface area contributed by atoms with E-state index in [-0.39, 0.29) is 11.8 Å². The molecule has 0 radical (unpaired) electrons. The Morgan fingerprint density at radius 1 is 1.08 bits per heavy atom. The number of hydrogen-bond acceptors (Lipinski definition) is 2. The molecule has 2 amide bonds. The number of carbonyl (C=O) groups excluding carboxylic acids is 2. The number of amides is 2. The summed E-state index contributed by atoms with van der Waals surface area (Å²) in [5.74, 6) is -0.305. The van der Waals surface area contributed by atoms with E-state index in [4.69, 9.17) is 23.2 Å². The average Bonchev–Trinajstić information content (AvgIpc) is 2.65. The van der Waals surface area contributed by atoms with Gasteiger partial charge in [0.1, 0.15) is 6.04 Å². The van der Waals surface area contributed by atoms with Crippen molar-refractivity contribution in [3.8, 4) is 0 Å². The van der Waals surface area contributed by atoms with Crippen molar-refractivity contribution in [1.82, 2.24) is 10.2 Å². The zero-order valence-corrected chi connectivity index (χ0v) is 16.3. The number of benzene rings is 2. The maximum atomic E-state index is 12.6. The fourth-order valence-corrected chi connectivity index (χ4v) is 2.87. The lowest BCUT2D eigenvalue weighted by molar-refractivity contribution is -0.140. The van der Waals surface area contributed by atoms with Crippen molar-refractivity contribution < 1.29 is 9.59 Å². The Morgan fingerprint density at radius 3 is 2.35 bits per heavy atom. The zero-order valence-electron chi connectivity index (χ0n) is 14.8. The average molecular weight is 393 g/mol. The molecule has 1 N–H and O–H groups in total. The van der Waals surface area contributed by atoms with Crippen molar-refractivity contribution in [2.24, 2.45) is 0 Å². The first kappa shape index (κ1) is 20.3. The third kappa shape index (κ3) is 5.48. The smallest absolute Gasteiger partial charge is 0.242 e. The molecule has 2 rings (SSSR count). The van der Waals surface area contributed by atoms with E-state index in [9.17, 15) is 9.59 Å². The minimum absolute atomic E-state index is 0.0830. The molecule has 0 spiro atoms. The summed E-state index contributed by atoms with van der Waals surface area (Å²) in [7, 11) is 0. The summed E-state index contributed by atoms with van der Waals surface area (Å²) in [6.45, 7) is 4.18. The highest BCUT2D eigenvalue weighted by atomic mass is 35.5. The Labute approximate surface area is 164 Å². The van der Waals surface area contributed by atoms with E-state index >= 15 is 0 Å². The van der Waals surface area contributed by atoms with Crippen molar-refractivity contribution in [3.63, 3.8) is 0 Å². The van der Waals surface area contributed by atoms with Gasteiger partial charge in [-0.05, 0) is 36.2 Å². The highest BCUT2D eigenvalue weighted by Crippen LogP contribution is 2.16. The van der Waals surface area contributed by atoms with Crippen molar-refractivity contribution in [2.45, 2.75) is 39.4 Å². The Hall–Kier alpha value is -2.04. The number of hydrogen-bond donors (Lipinski definition) is 1. The minimum atomic E-state index is -0.597. The van der Waals surface area contributed by atoms with Gasteiger partial charge < -0.3 is 10.2 Å². The second kappa shape index (κ2) is 9.60. The second-order valence-corrected chi connectivity index (χ2v) is 6.83. The highest BCUT2D eigenvalue weighted by molar-refractivity contribution is 6.31. The topological polar surface area (TPSA) is 49.4 Å². The summed E-state index contributed by atoms with van der Waals surface area (Å²) >= 11 is 12.0. The Balaban J connectivity index is 2.06. The molecule has 0 aliphatic heterocycles. The Kier molecular flexibility index (Phi) is 7.49. The molecule has 4 nitrogen and oxygen atoms in total. The van der Waals surface area contributed by atoms with Crippen LogP contribution in [0.25, 0.3) is 0 Å². The van der Waals surface area contributed by atoms with Crippen LogP contribution in [0.2, 0.25) is 10.0 Å². The largest absolute Gasteiger partial charge is 0.350 e. The van der Waals surface area contributed by atoms with E-state index in [0.717, 1.165) is 11.1 Å². The Bertz CT molecular complexity index is 763. The SMILES string of the molecule is CCC(=O)N(Cc1ccc(Cl)cc1)[C@H](C)C(=O)NCc1ccccc1Cl. The number of nitrogens with one attached hydrogen (secondary N) is 1. The standard InChI is InChI=1S/C20H22Cl2N2O2/c1-3-19(25)24(13-15-8-10-17(21)11-9-15)14(2)20(26)23-12-16-6-4-5-7-18(16)22/h4-11,14H,3,12-13H2,1-2H3,(H,23,26)/t14-/m1/s1. The van der Waals surface area contributed by atoms with Gasteiger partial charge in [0.15, 0.2) is 0 Å². The van der Waals surface area contributed by atoms with Crippen molar-refractivity contribution in [3.05, 3.63) is 69.7 Å². The van der Waals surface area contributed by atoms with Crippen LogP contribution in [0.4, 0.5) is 0 Å². The minimum Gasteiger partial charge on any atom is -0.350 e. The van der Waals surface area contributed by atoms with Gasteiger partial charge in [-0.3, -0.25) is 9.59 Å². The molecule has 0 fully saturated rings. The van der Waals surface area contributed by atoms with Crippen LogP contribution in [0.1, 0.15) is 31.4 Å². The summed E-state index contributed by atoms with van der Waals surface area (Å²) in [5, 5.41) is 4.09. The summed E-state index contributed by atoms with van der Waals surface area (Å²) in [4.78, 5) is 26.5. The van der Waals surface area contributed by atoms with Crippen LogP contribution in [0.3, 0.4) is 0 Å². The van der Waals surface area contributed by atoms with Gasteiger partial charge in [-0.25, -0.2) is 0 Å². The first-order valence-electron chi connectivity index (χ1n) is 8.47. The third-order valence-electron chi connectivity index (χ3n) is 4.15. The van der Waals surface area contributed by atoms with Crippen LogP contribution in [-0.2, 0) is 22.7 Å². The molecule has 0 saturated carbocycles. The van der Waals surface area contributed by atoms with Crippen LogP contribution >= 0.6 is 23.2 Å². The molecular weight excluding hydrogens is 371 g/mol. The predicted molar refractivity (Wildman–Crippen MR) is 105 cm³/mol. The maximum Gasteiger partial charge on any atom is 0.242 e. The first-order chi connectivity index (χ1) is 12.4. The van der Waals surface area contributed by atoms with Gasteiger partial charge in [-0.2, -0.15) is 0 Å². The van der Waals surface area contributed by atoms with Crippen LogP contribution in [-0.4, -0.2) is 22.8 Å². The molecule has 0 aliphatic carbocycles. The van der Waals surface area contributed by atoms with Crippen LogP contribution in [0, 0.1) is 0 Å². The number of halogens is 2. The number of carbonyl (C=O) groups is 2. The van der Waals surface area contributed by atoms with Gasteiger partial charge in [-0.15, -0.1) is 0 Å². The molecular formula is C20H22Cl2N2O2. The summed E-state index contributed by atoms with van der Waals surface area (Å²) in [6.07, 6.45) is 0.329. The van der Waals surface area contributed by atoms with Gasteiger partial charge in [-0.1, -0.05) is 60.5 Å². The van der Waals surface area contributed by atoms with E-state index < -0.39 is 6.04 Å². The quantitative estimate of drug-likeness (QED) is 0.756. The van der Waals surface area contributed by atoms with Crippen LogP contribution in [0.15, 0.2) is 48.5 Å². The fraction of sp³-hybridized carbons (Fsp3) is 0.300. The number of rotatable bonds is 7. The van der Waals surface area contributed by atoms with Crippen LogP contribution in [0.5, 0.6) is 0 Å². The fourth-order valence-electron chi connectivity index (χ4n) is 2.54. The molecule has 26 heavy (non-hydrogen) atoms. The lowest BCUT2D eigenvalue weighted by atomic mass is 10.1. The molecule has 0 bridgehead atoms. The number of nitrogens with zero attached hydrogens (tertiary/aromatic N) is 1. The van der Waals surface area contributed by atoms with E-state index in [2.05, 4.69) is 5.32 Å². The lowest BCUT2D eigenvalue weighted by Gasteiger charge is -2.28. The molecule has 138 valence electrons. The molecule has 1 atom stereocenters. The predicted octanol–water partition coefficient (Wildman–Crippen LogP) is 4.44. The van der Waals surface area contributed by atoms with Gasteiger partial charge in [0.05, 0.1) is 0 Å². The molecule has 0 aliphatic rings. The van der Waals surface area contributed by atoms with Gasteiger partial charge in [0.25, 0.3) is 0 Å². The molecule has 0 unspecified atom stereocenters. The molecule has 2 aromatic carbocycles. The molecule has 0 saturated heterocycles. The van der Waals surface area contributed by atoms with E-state index in [1.165, 1.54) is 0 Å². The van der Waals surface area contributed by atoms with Crippen molar-refractivity contribution in [2.75, 3.05) is 0 Å². The van der Waals surface area contributed by atoms with Crippen molar-refractivity contribution in [1.29, 1.82) is 0 Å². The maximum absolute atomic E-state index is 12.6. The zero-order chi connectivity index (χ0) is 19.1. The van der Waals surface area contributed by atoms with Crippen LogP contribution < -0.4 is 5.32 Å². The first-order valence-corrected chi connectivity index (χ1v) is 9.23. The highest BCUT2D eigenvalue weighted by Gasteiger charge is 2.25. The van der Waals surface area contributed by atoms with Crippen molar-refractivity contribution >= 4 is 35.0 Å². The third-order valence-corrected chi connectivity index (χ3v) is 4.77. The molecule has 6 heteroatoms. The lowest BCUT2D eigenvalue weighted by Crippen LogP contribution is -2.47. The normalized spacial score (nSPS) is 11.7. The Morgan fingerprint density at radius 2 is 1.73 bits per heavy atom. The van der Waals surface area contributed by atoms with E-state index in [1.54, 1.807) is 36.9 Å². The summed E-state index contributed by atoms with van der Waals surface area (Å²) < 4.78 is 0. The molecule has 2 aromatic rings. The summed E-state index contributed by atoms with van der Waals surface area (Å²) in [5.41, 5.74) is 1.75.